The molecular weight excluding hydrogens is 457 g/mol. The largest absolute Gasteiger partial charge is 0.354 e. The van der Waals surface area contributed by atoms with Crippen molar-refractivity contribution in [2.24, 2.45) is 5.92 Å². The summed E-state index contributed by atoms with van der Waals surface area (Å²) in [4.78, 5) is 27.3. The van der Waals surface area contributed by atoms with Gasteiger partial charge in [-0.2, -0.15) is 0 Å². The van der Waals surface area contributed by atoms with Gasteiger partial charge in [0, 0.05) is 26.1 Å². The highest BCUT2D eigenvalue weighted by Crippen LogP contribution is 2.18. The van der Waals surface area contributed by atoms with E-state index in [0.29, 0.717) is 17.8 Å². The van der Waals surface area contributed by atoms with Crippen molar-refractivity contribution in [3.05, 3.63) is 66.0 Å². The van der Waals surface area contributed by atoms with Gasteiger partial charge in [0.25, 0.3) is 0 Å². The first-order valence-electron chi connectivity index (χ1n) is 11.3. The quantitative estimate of drug-likeness (QED) is 0.492. The van der Waals surface area contributed by atoms with Gasteiger partial charge in [0.15, 0.2) is 0 Å². The molecule has 2 rings (SSSR count). The number of anilines is 1. The molecule has 0 saturated carbocycles. The van der Waals surface area contributed by atoms with Crippen molar-refractivity contribution >= 4 is 27.5 Å². The molecule has 0 spiro atoms. The minimum Gasteiger partial charge on any atom is -0.354 e. The van der Waals surface area contributed by atoms with Gasteiger partial charge in [0.2, 0.25) is 21.8 Å². The smallest absolute Gasteiger partial charge is 0.242 e. The number of sulfonamides is 1. The molecule has 0 aliphatic heterocycles. The van der Waals surface area contributed by atoms with Crippen LogP contribution in [0, 0.1) is 11.7 Å². The fraction of sp³-hybridized carbons (Fsp3) is 0.440. The van der Waals surface area contributed by atoms with E-state index < -0.39 is 16.1 Å². The molecule has 0 bridgehead atoms. The van der Waals surface area contributed by atoms with Gasteiger partial charge in [-0.05, 0) is 49.1 Å². The Labute approximate surface area is 202 Å². The fourth-order valence-electron chi connectivity index (χ4n) is 3.42. The van der Waals surface area contributed by atoms with E-state index in [4.69, 9.17) is 0 Å². The van der Waals surface area contributed by atoms with Gasteiger partial charge in [-0.1, -0.05) is 44.2 Å². The highest BCUT2D eigenvalue weighted by Gasteiger charge is 2.26. The molecule has 186 valence electrons. The maximum Gasteiger partial charge on any atom is 0.242 e. The molecule has 1 N–H and O–H groups in total. The number of hydrogen-bond donors (Lipinski definition) is 1. The Kier molecular flexibility index (Phi) is 10.0. The summed E-state index contributed by atoms with van der Waals surface area (Å²) in [5.41, 5.74) is 1.22. The second-order valence-corrected chi connectivity index (χ2v) is 10.6. The number of amides is 2. The Morgan fingerprint density at radius 2 is 1.62 bits per heavy atom. The van der Waals surface area contributed by atoms with Crippen LogP contribution in [0.25, 0.3) is 0 Å². The number of rotatable bonds is 12. The fourth-order valence-corrected chi connectivity index (χ4v) is 4.39. The molecule has 0 radical (unpaired) electrons. The lowest BCUT2D eigenvalue weighted by atomic mass is 10.1. The van der Waals surface area contributed by atoms with Crippen LogP contribution in [0.4, 0.5) is 10.1 Å². The maximum atomic E-state index is 13.3. The summed E-state index contributed by atoms with van der Waals surface area (Å²) >= 11 is 0. The van der Waals surface area contributed by atoms with E-state index >= 15 is 0 Å². The van der Waals surface area contributed by atoms with Crippen LogP contribution in [-0.4, -0.2) is 50.5 Å². The lowest BCUT2D eigenvalue weighted by molar-refractivity contribution is -0.140. The molecule has 2 amide bonds. The third-order valence-electron chi connectivity index (χ3n) is 5.31. The number of benzene rings is 2. The van der Waals surface area contributed by atoms with Gasteiger partial charge in [-0.15, -0.1) is 0 Å². The number of carbonyl (C=O) groups is 2. The van der Waals surface area contributed by atoms with Crippen molar-refractivity contribution in [2.45, 2.75) is 46.2 Å². The summed E-state index contributed by atoms with van der Waals surface area (Å²) in [5.74, 6) is -0.673. The maximum absolute atomic E-state index is 13.3. The van der Waals surface area contributed by atoms with Crippen molar-refractivity contribution in [3.8, 4) is 0 Å². The summed E-state index contributed by atoms with van der Waals surface area (Å²) in [6, 6.07) is 13.7. The summed E-state index contributed by atoms with van der Waals surface area (Å²) in [6.07, 6.45) is 1.46. The second-order valence-electron chi connectivity index (χ2n) is 8.74. The van der Waals surface area contributed by atoms with Gasteiger partial charge in [-0.3, -0.25) is 13.9 Å². The SMILES string of the molecule is CC(C)CNC(=O)C(C)N(Cc1ccc(F)cc1)C(=O)CCCN(c1ccccc1)S(C)(=O)=O. The molecule has 9 heteroatoms. The molecule has 0 fully saturated rings. The first-order chi connectivity index (χ1) is 16.0. The van der Waals surface area contributed by atoms with E-state index in [1.54, 1.807) is 49.4 Å². The summed E-state index contributed by atoms with van der Waals surface area (Å²) in [5, 5.41) is 2.85. The normalized spacial score (nSPS) is 12.3. The molecule has 7 nitrogen and oxygen atoms in total. The molecule has 1 atom stereocenters. The van der Waals surface area contributed by atoms with E-state index in [0.717, 1.165) is 6.26 Å². The average Bonchev–Trinajstić information content (AvgIpc) is 2.79. The molecule has 1 unspecified atom stereocenters. The Balaban J connectivity index is 2.13. The van der Waals surface area contributed by atoms with Gasteiger partial charge in [0.1, 0.15) is 11.9 Å². The highest BCUT2D eigenvalue weighted by molar-refractivity contribution is 7.92. The minimum absolute atomic E-state index is 0.0574. The van der Waals surface area contributed by atoms with Crippen LogP contribution < -0.4 is 9.62 Å². The van der Waals surface area contributed by atoms with Crippen molar-refractivity contribution in [1.29, 1.82) is 0 Å². The van der Waals surface area contributed by atoms with Gasteiger partial charge < -0.3 is 10.2 Å². The molecule has 2 aromatic carbocycles. The molecule has 0 aliphatic rings. The summed E-state index contributed by atoms with van der Waals surface area (Å²) in [6.45, 7) is 6.38. The Hall–Kier alpha value is -2.94. The predicted octanol–water partition coefficient (Wildman–Crippen LogP) is 3.56. The minimum atomic E-state index is -3.53. The average molecular weight is 492 g/mol. The molecule has 34 heavy (non-hydrogen) atoms. The Morgan fingerprint density at radius 1 is 1.00 bits per heavy atom. The topological polar surface area (TPSA) is 86.8 Å². The third kappa shape index (κ3) is 8.44. The second kappa shape index (κ2) is 12.5. The number of carbonyl (C=O) groups excluding carboxylic acids is 2. The Bertz CT molecular complexity index is 1040. The molecule has 2 aromatic rings. The first-order valence-corrected chi connectivity index (χ1v) is 13.2. The molecular formula is C25H34FN3O4S. The number of nitrogens with one attached hydrogen (secondary N) is 1. The van der Waals surface area contributed by atoms with Crippen LogP contribution in [0.5, 0.6) is 0 Å². The lowest BCUT2D eigenvalue weighted by Crippen LogP contribution is -2.48. The number of halogens is 1. The van der Waals surface area contributed by atoms with E-state index in [1.807, 2.05) is 13.8 Å². The monoisotopic (exact) mass is 491 g/mol. The zero-order chi connectivity index (χ0) is 25.3. The number of para-hydroxylation sites is 1. The highest BCUT2D eigenvalue weighted by atomic mass is 32.2. The van der Waals surface area contributed by atoms with Gasteiger partial charge in [0.05, 0.1) is 11.9 Å². The number of hydrogen-bond acceptors (Lipinski definition) is 4. The van der Waals surface area contributed by atoms with Crippen LogP contribution in [0.3, 0.4) is 0 Å². The third-order valence-corrected chi connectivity index (χ3v) is 6.51. The van der Waals surface area contributed by atoms with E-state index in [1.165, 1.54) is 21.3 Å². The van der Waals surface area contributed by atoms with Crippen LogP contribution in [-0.2, 0) is 26.2 Å². The zero-order valence-corrected chi connectivity index (χ0v) is 21.0. The molecule has 0 aliphatic carbocycles. The van der Waals surface area contributed by atoms with Crippen molar-refractivity contribution in [2.75, 3.05) is 23.7 Å². The standard InChI is InChI=1S/C25H34FN3O4S/c1-19(2)17-27-25(31)20(3)28(18-21-12-14-22(26)15-13-21)24(30)11-8-16-29(34(4,32)33)23-9-6-5-7-10-23/h5-7,9-10,12-15,19-20H,8,11,16-18H2,1-4H3,(H,27,31). The first kappa shape index (κ1) is 27.3. The lowest BCUT2D eigenvalue weighted by Gasteiger charge is -2.29. The zero-order valence-electron chi connectivity index (χ0n) is 20.2. The van der Waals surface area contributed by atoms with E-state index in [9.17, 15) is 22.4 Å². The van der Waals surface area contributed by atoms with Crippen molar-refractivity contribution in [3.63, 3.8) is 0 Å². The molecule has 0 saturated heterocycles. The van der Waals surface area contributed by atoms with Crippen LogP contribution in [0.2, 0.25) is 0 Å². The van der Waals surface area contributed by atoms with E-state index in [-0.39, 0.29) is 49.5 Å². The van der Waals surface area contributed by atoms with E-state index in [2.05, 4.69) is 5.32 Å². The Morgan fingerprint density at radius 3 is 2.18 bits per heavy atom. The summed E-state index contributed by atoms with van der Waals surface area (Å²) < 4.78 is 39.2. The van der Waals surface area contributed by atoms with Gasteiger partial charge >= 0.3 is 0 Å². The van der Waals surface area contributed by atoms with Crippen LogP contribution >= 0.6 is 0 Å². The summed E-state index contributed by atoms with van der Waals surface area (Å²) in [7, 11) is -3.53. The molecule has 0 aromatic heterocycles. The van der Waals surface area contributed by atoms with Crippen LogP contribution in [0.1, 0.15) is 39.2 Å². The molecule has 0 heterocycles. The number of nitrogens with zero attached hydrogens (tertiary/aromatic N) is 2. The predicted molar refractivity (Wildman–Crippen MR) is 132 cm³/mol. The van der Waals surface area contributed by atoms with Crippen LogP contribution in [0.15, 0.2) is 54.6 Å². The van der Waals surface area contributed by atoms with Crippen molar-refractivity contribution in [1.82, 2.24) is 10.2 Å². The van der Waals surface area contributed by atoms with Crippen molar-refractivity contribution < 1.29 is 22.4 Å². The van der Waals surface area contributed by atoms with Gasteiger partial charge in [-0.25, -0.2) is 12.8 Å².